The van der Waals surface area contributed by atoms with E-state index in [2.05, 4.69) is 20.4 Å². The monoisotopic (exact) mass is 271 g/mol. The molecule has 0 amide bonds. The Hall–Kier alpha value is 0.177. The van der Waals surface area contributed by atoms with E-state index in [1.165, 1.54) is 63.8 Å². The normalized spacial score (nSPS) is 12.0. The van der Waals surface area contributed by atoms with E-state index < -0.39 is 8.07 Å². The van der Waals surface area contributed by atoms with E-state index in [4.69, 9.17) is 5.73 Å². The van der Waals surface area contributed by atoms with Crippen LogP contribution in [0.15, 0.2) is 0 Å². The van der Waals surface area contributed by atoms with Gasteiger partial charge < -0.3 is 5.73 Å². The van der Waals surface area contributed by atoms with Crippen LogP contribution in [0.25, 0.3) is 0 Å². The molecule has 0 saturated heterocycles. The van der Waals surface area contributed by atoms with Gasteiger partial charge in [0.15, 0.2) is 0 Å². The van der Waals surface area contributed by atoms with Crippen LogP contribution in [0.4, 0.5) is 0 Å². The van der Waals surface area contributed by atoms with Crippen molar-refractivity contribution in [2.45, 2.75) is 96.3 Å². The first-order valence-electron chi connectivity index (χ1n) is 8.38. The predicted molar refractivity (Wildman–Crippen MR) is 88.0 cm³/mol. The molecule has 0 aliphatic carbocycles. The smallest absolute Gasteiger partial charge is 0.0505 e. The summed E-state index contributed by atoms with van der Waals surface area (Å²) in [4.78, 5) is 0. The maximum absolute atomic E-state index is 5.71. The molecule has 0 aromatic rings. The zero-order chi connectivity index (χ0) is 13.7. The van der Waals surface area contributed by atoms with Crippen molar-refractivity contribution >= 4 is 8.07 Å². The van der Waals surface area contributed by atoms with Gasteiger partial charge in [-0.2, -0.15) is 0 Å². The first kappa shape index (κ1) is 18.2. The third-order valence-corrected chi connectivity index (χ3v) is 8.93. The summed E-state index contributed by atoms with van der Waals surface area (Å²) in [5.74, 6) is 0. The molecule has 0 aromatic heterocycles. The molecule has 0 saturated carbocycles. The average Bonchev–Trinajstić information content (AvgIpc) is 2.38. The van der Waals surface area contributed by atoms with Gasteiger partial charge >= 0.3 is 0 Å². The molecule has 0 spiro atoms. The van der Waals surface area contributed by atoms with Crippen molar-refractivity contribution in [1.29, 1.82) is 0 Å². The zero-order valence-corrected chi connectivity index (χ0v) is 14.3. The maximum Gasteiger partial charge on any atom is 0.0505 e. The Morgan fingerprint density at radius 2 is 1.11 bits per heavy atom. The number of hydrogen-bond acceptors (Lipinski definition) is 1. The first-order chi connectivity index (χ1) is 8.68. The molecule has 0 unspecified atom stereocenters. The third kappa shape index (κ3) is 10.1. The molecule has 0 aliphatic rings. The van der Waals surface area contributed by atoms with Crippen molar-refractivity contribution < 1.29 is 0 Å². The highest BCUT2D eigenvalue weighted by Crippen LogP contribution is 2.28. The fourth-order valence-electron chi connectivity index (χ4n) is 2.86. The lowest BCUT2D eigenvalue weighted by molar-refractivity contribution is 0.677. The van der Waals surface area contributed by atoms with Gasteiger partial charge in [0.2, 0.25) is 0 Å². The van der Waals surface area contributed by atoms with Crippen LogP contribution in [0.2, 0.25) is 24.7 Å². The van der Waals surface area contributed by atoms with Gasteiger partial charge in [-0.3, -0.25) is 0 Å². The highest BCUT2D eigenvalue weighted by Gasteiger charge is 2.24. The second kappa shape index (κ2) is 12.2. The molecule has 0 aliphatic heterocycles. The molecule has 0 bridgehead atoms. The second-order valence-electron chi connectivity index (χ2n) is 6.32. The summed E-state index contributed by atoms with van der Waals surface area (Å²) >= 11 is 0. The topological polar surface area (TPSA) is 26.0 Å². The fraction of sp³-hybridized carbons (Fsp3) is 1.00. The van der Waals surface area contributed by atoms with Crippen LogP contribution >= 0.6 is 0 Å². The molecule has 0 rings (SSSR count). The minimum absolute atomic E-state index is 0.895. The number of hydrogen-bond donors (Lipinski definition) is 1. The minimum Gasteiger partial charge on any atom is -0.330 e. The van der Waals surface area contributed by atoms with Crippen LogP contribution in [0.1, 0.15) is 71.6 Å². The van der Waals surface area contributed by atoms with Crippen LogP contribution in [0, 0.1) is 0 Å². The molecule has 110 valence electrons. The Morgan fingerprint density at radius 3 is 1.50 bits per heavy atom. The van der Waals surface area contributed by atoms with E-state index in [1.54, 1.807) is 12.1 Å². The van der Waals surface area contributed by atoms with Crippen LogP contribution in [0.3, 0.4) is 0 Å². The van der Waals surface area contributed by atoms with Gasteiger partial charge in [-0.1, -0.05) is 89.9 Å². The summed E-state index contributed by atoms with van der Waals surface area (Å²) in [7, 11) is -0.950. The molecular formula is C16H37NSi. The summed E-state index contributed by atoms with van der Waals surface area (Å²) in [6.45, 7) is 8.14. The summed E-state index contributed by atoms with van der Waals surface area (Å²) in [6, 6.07) is 4.58. The highest BCUT2D eigenvalue weighted by molar-refractivity contribution is 6.78. The van der Waals surface area contributed by atoms with E-state index in [9.17, 15) is 0 Å². The van der Waals surface area contributed by atoms with Crippen LogP contribution in [-0.4, -0.2) is 14.6 Å². The van der Waals surface area contributed by atoms with Crippen LogP contribution in [-0.2, 0) is 0 Å². The Bertz CT molecular complexity index is 158. The van der Waals surface area contributed by atoms with Gasteiger partial charge in [-0.25, -0.2) is 0 Å². The zero-order valence-electron chi connectivity index (χ0n) is 13.3. The molecule has 2 heteroatoms. The lowest BCUT2D eigenvalue weighted by Gasteiger charge is -2.27. The van der Waals surface area contributed by atoms with Gasteiger partial charge in [0.1, 0.15) is 0 Å². The molecule has 2 N–H and O–H groups in total. The van der Waals surface area contributed by atoms with E-state index in [0.29, 0.717) is 0 Å². The van der Waals surface area contributed by atoms with Crippen molar-refractivity contribution in [2.75, 3.05) is 6.54 Å². The average molecular weight is 272 g/mol. The van der Waals surface area contributed by atoms with Crippen molar-refractivity contribution in [2.24, 2.45) is 5.73 Å². The van der Waals surface area contributed by atoms with Gasteiger partial charge in [-0.15, -0.1) is 0 Å². The van der Waals surface area contributed by atoms with Gasteiger partial charge in [0, 0.05) is 0 Å². The van der Waals surface area contributed by atoms with Crippen LogP contribution in [0.5, 0.6) is 0 Å². The van der Waals surface area contributed by atoms with E-state index in [0.717, 1.165) is 6.54 Å². The second-order valence-corrected chi connectivity index (χ2v) is 11.4. The highest BCUT2D eigenvalue weighted by atomic mass is 28.3. The van der Waals surface area contributed by atoms with Crippen molar-refractivity contribution in [3.63, 3.8) is 0 Å². The number of rotatable bonds is 13. The van der Waals surface area contributed by atoms with Gasteiger partial charge in [0.05, 0.1) is 8.07 Å². The number of unbranched alkanes of at least 4 members (excludes halogenated alkanes) is 6. The molecular weight excluding hydrogens is 234 g/mol. The first-order valence-corrected chi connectivity index (χ1v) is 11.5. The summed E-state index contributed by atoms with van der Waals surface area (Å²) in [6.07, 6.45) is 12.7. The number of nitrogens with two attached hydrogens (primary N) is 1. The Morgan fingerprint density at radius 1 is 0.667 bits per heavy atom. The molecule has 0 atom stereocenters. The van der Waals surface area contributed by atoms with Crippen LogP contribution < -0.4 is 5.73 Å². The quantitative estimate of drug-likeness (QED) is 0.344. The maximum atomic E-state index is 5.71. The summed E-state index contributed by atoms with van der Waals surface area (Å²) < 4.78 is 0. The fourth-order valence-corrected chi connectivity index (χ4v) is 6.88. The van der Waals surface area contributed by atoms with E-state index in [1.807, 2.05) is 0 Å². The Labute approximate surface area is 117 Å². The standard InChI is InChI=1S/C16H37NSi/c1-4-6-8-10-14-18(3,16-12-13-17)15-11-9-7-5-2/h4-17H2,1-3H3. The molecule has 0 aromatic carbocycles. The SMILES string of the molecule is CCCCCC[Si](C)(CCCN)CCCCCC. The lowest BCUT2D eigenvalue weighted by Crippen LogP contribution is -2.30. The molecule has 18 heavy (non-hydrogen) atoms. The largest absolute Gasteiger partial charge is 0.330 e. The molecule has 0 heterocycles. The summed E-state index contributed by atoms with van der Waals surface area (Å²) in [5, 5.41) is 0. The van der Waals surface area contributed by atoms with Crippen molar-refractivity contribution in [3.05, 3.63) is 0 Å². The molecule has 0 fully saturated rings. The third-order valence-electron chi connectivity index (χ3n) is 4.25. The van der Waals surface area contributed by atoms with Gasteiger partial charge in [0.25, 0.3) is 0 Å². The van der Waals surface area contributed by atoms with E-state index >= 15 is 0 Å². The van der Waals surface area contributed by atoms with E-state index in [-0.39, 0.29) is 0 Å². The molecule has 1 nitrogen and oxygen atoms in total. The van der Waals surface area contributed by atoms with Gasteiger partial charge in [-0.05, 0) is 13.0 Å². The van der Waals surface area contributed by atoms with Crippen molar-refractivity contribution in [3.8, 4) is 0 Å². The molecule has 0 radical (unpaired) electrons. The Kier molecular flexibility index (Phi) is 12.3. The van der Waals surface area contributed by atoms with Crippen molar-refractivity contribution in [1.82, 2.24) is 0 Å². The minimum atomic E-state index is -0.950. The lowest BCUT2D eigenvalue weighted by atomic mass is 10.2. The Balaban J connectivity index is 3.90. The summed E-state index contributed by atoms with van der Waals surface area (Å²) in [5.41, 5.74) is 5.71. The predicted octanol–water partition coefficient (Wildman–Crippen LogP) is 5.57.